The van der Waals surface area contributed by atoms with E-state index in [1.54, 1.807) is 11.3 Å². The normalized spacial score (nSPS) is 10.2. The molecule has 2 N–H and O–H groups in total. The summed E-state index contributed by atoms with van der Waals surface area (Å²) in [7, 11) is 0. The highest BCUT2D eigenvalue weighted by Gasteiger charge is 2.10. The molecule has 0 radical (unpaired) electrons. The van der Waals surface area contributed by atoms with Gasteiger partial charge in [0.2, 0.25) is 0 Å². The molecule has 5 nitrogen and oxygen atoms in total. The fourth-order valence-electron chi connectivity index (χ4n) is 1.29. The van der Waals surface area contributed by atoms with Gasteiger partial charge in [-0.3, -0.25) is 4.79 Å². The highest BCUT2D eigenvalue weighted by atomic mass is 32.1. The largest absolute Gasteiger partial charge is 0.477 e. The molecule has 0 aromatic carbocycles. The van der Waals surface area contributed by atoms with E-state index in [-0.39, 0.29) is 5.56 Å². The van der Waals surface area contributed by atoms with Gasteiger partial charge in [0.25, 0.3) is 5.56 Å². The van der Waals surface area contributed by atoms with Crippen molar-refractivity contribution in [3.63, 3.8) is 0 Å². The van der Waals surface area contributed by atoms with Gasteiger partial charge in [-0.15, -0.1) is 11.3 Å². The van der Waals surface area contributed by atoms with Crippen molar-refractivity contribution in [2.45, 2.75) is 6.42 Å². The van der Waals surface area contributed by atoms with Crippen molar-refractivity contribution >= 4 is 17.3 Å². The number of hydrogen-bond acceptors (Lipinski definition) is 4. The van der Waals surface area contributed by atoms with Gasteiger partial charge in [0.05, 0.1) is 5.69 Å². The average Bonchev–Trinajstić information content (AvgIpc) is 2.73. The summed E-state index contributed by atoms with van der Waals surface area (Å²) in [6.45, 7) is 0. The molecule has 82 valence electrons. The minimum absolute atomic E-state index is 0.276. The number of aromatic amines is 1. The van der Waals surface area contributed by atoms with Gasteiger partial charge in [0.1, 0.15) is 5.56 Å². The van der Waals surface area contributed by atoms with Crippen molar-refractivity contribution < 1.29 is 9.90 Å². The summed E-state index contributed by atoms with van der Waals surface area (Å²) in [6.07, 6.45) is 0.523. The predicted octanol–water partition coefficient (Wildman–Crippen LogP) is 1.12. The molecule has 0 unspecified atom stereocenters. The minimum atomic E-state index is -1.24. The first kappa shape index (κ1) is 10.6. The number of thiophene rings is 1. The van der Waals surface area contributed by atoms with Crippen LogP contribution in [0.25, 0.3) is 0 Å². The Bertz CT molecular complexity index is 560. The van der Waals surface area contributed by atoms with E-state index >= 15 is 0 Å². The molecule has 0 saturated heterocycles. The van der Waals surface area contributed by atoms with Gasteiger partial charge in [-0.25, -0.2) is 9.89 Å². The number of carboxylic acids is 1. The van der Waals surface area contributed by atoms with Crippen molar-refractivity contribution in [3.8, 4) is 0 Å². The highest BCUT2D eigenvalue weighted by molar-refractivity contribution is 7.09. The van der Waals surface area contributed by atoms with Gasteiger partial charge in [-0.1, -0.05) is 6.07 Å². The van der Waals surface area contributed by atoms with Gasteiger partial charge in [-0.05, 0) is 17.5 Å². The standard InChI is InChI=1S/C10H8N2O3S/c13-9-8(10(14)15)5-6(11-12-9)4-7-2-1-3-16-7/h1-3,5H,4H2,(H,12,13)(H,14,15). The zero-order valence-corrected chi connectivity index (χ0v) is 8.95. The quantitative estimate of drug-likeness (QED) is 0.836. The first-order valence-electron chi connectivity index (χ1n) is 4.51. The SMILES string of the molecule is O=C(O)c1cc(Cc2cccs2)n[nH]c1=O. The molecule has 2 aromatic heterocycles. The number of hydrogen-bond donors (Lipinski definition) is 2. The lowest BCUT2D eigenvalue weighted by atomic mass is 10.2. The zero-order valence-electron chi connectivity index (χ0n) is 8.14. The van der Waals surface area contributed by atoms with Crippen molar-refractivity contribution in [3.05, 3.63) is 50.1 Å². The van der Waals surface area contributed by atoms with Crippen LogP contribution < -0.4 is 5.56 Å². The van der Waals surface area contributed by atoms with Crippen LogP contribution in [-0.2, 0) is 6.42 Å². The van der Waals surface area contributed by atoms with Crippen LogP contribution in [0.4, 0.5) is 0 Å². The predicted molar refractivity (Wildman–Crippen MR) is 58.9 cm³/mol. The van der Waals surface area contributed by atoms with Crippen LogP contribution in [0.1, 0.15) is 20.9 Å². The van der Waals surface area contributed by atoms with Crippen LogP contribution in [0.3, 0.4) is 0 Å². The Kier molecular flexibility index (Phi) is 2.82. The molecular weight excluding hydrogens is 228 g/mol. The fraction of sp³-hybridized carbons (Fsp3) is 0.100. The third-order valence-electron chi connectivity index (χ3n) is 2.02. The number of aromatic carboxylic acids is 1. The number of aromatic nitrogens is 2. The Morgan fingerprint density at radius 1 is 1.56 bits per heavy atom. The second-order valence-electron chi connectivity index (χ2n) is 3.16. The van der Waals surface area contributed by atoms with Crippen LogP contribution >= 0.6 is 11.3 Å². The number of H-pyrrole nitrogens is 1. The number of nitrogens with zero attached hydrogens (tertiary/aromatic N) is 1. The number of nitrogens with one attached hydrogen (secondary N) is 1. The molecule has 0 fully saturated rings. The molecule has 16 heavy (non-hydrogen) atoms. The zero-order chi connectivity index (χ0) is 11.5. The molecule has 0 saturated carbocycles. The Labute approximate surface area is 94.4 Å². The van der Waals surface area contributed by atoms with E-state index < -0.39 is 11.5 Å². The van der Waals surface area contributed by atoms with Crippen LogP contribution in [0.15, 0.2) is 28.4 Å². The van der Waals surface area contributed by atoms with E-state index in [2.05, 4.69) is 10.2 Å². The monoisotopic (exact) mass is 236 g/mol. The summed E-state index contributed by atoms with van der Waals surface area (Å²) in [5, 5.41) is 16.7. The Balaban J connectivity index is 2.33. The van der Waals surface area contributed by atoms with Crippen LogP contribution in [0.2, 0.25) is 0 Å². The molecule has 2 rings (SSSR count). The molecule has 0 bridgehead atoms. The van der Waals surface area contributed by atoms with E-state index in [1.165, 1.54) is 6.07 Å². The molecule has 0 aliphatic heterocycles. The van der Waals surface area contributed by atoms with E-state index in [1.807, 2.05) is 17.5 Å². The molecule has 0 amide bonds. The lowest BCUT2D eigenvalue weighted by molar-refractivity contribution is 0.0694. The maximum atomic E-state index is 11.1. The molecule has 0 spiro atoms. The van der Waals surface area contributed by atoms with Crippen LogP contribution in [0.5, 0.6) is 0 Å². The second kappa shape index (κ2) is 4.28. The van der Waals surface area contributed by atoms with E-state index in [0.717, 1.165) is 4.88 Å². The first-order valence-corrected chi connectivity index (χ1v) is 5.39. The smallest absolute Gasteiger partial charge is 0.341 e. The summed E-state index contributed by atoms with van der Waals surface area (Å²) in [6, 6.07) is 5.14. The van der Waals surface area contributed by atoms with Gasteiger partial charge >= 0.3 is 5.97 Å². The van der Waals surface area contributed by atoms with Gasteiger partial charge in [0, 0.05) is 11.3 Å². The molecular formula is C10H8N2O3S. The van der Waals surface area contributed by atoms with Crippen molar-refractivity contribution in [2.75, 3.05) is 0 Å². The average molecular weight is 236 g/mol. The fourth-order valence-corrected chi connectivity index (χ4v) is 2.01. The van der Waals surface area contributed by atoms with E-state index in [0.29, 0.717) is 12.1 Å². The lowest BCUT2D eigenvalue weighted by Gasteiger charge is -1.98. The third kappa shape index (κ3) is 2.17. The lowest BCUT2D eigenvalue weighted by Crippen LogP contribution is -2.19. The van der Waals surface area contributed by atoms with Crippen molar-refractivity contribution in [1.82, 2.24) is 10.2 Å². The topological polar surface area (TPSA) is 83.0 Å². The number of rotatable bonds is 3. The third-order valence-corrected chi connectivity index (χ3v) is 2.90. The molecule has 2 aromatic rings. The number of carboxylic acid groups (broad SMARTS) is 1. The van der Waals surface area contributed by atoms with Crippen molar-refractivity contribution in [1.29, 1.82) is 0 Å². The molecule has 0 aliphatic carbocycles. The Hall–Kier alpha value is -1.95. The summed E-state index contributed by atoms with van der Waals surface area (Å²) < 4.78 is 0. The summed E-state index contributed by atoms with van der Waals surface area (Å²) >= 11 is 1.56. The van der Waals surface area contributed by atoms with Crippen LogP contribution in [0, 0.1) is 0 Å². The Morgan fingerprint density at radius 3 is 3.00 bits per heavy atom. The molecule has 6 heteroatoms. The highest BCUT2D eigenvalue weighted by Crippen LogP contribution is 2.12. The summed E-state index contributed by atoms with van der Waals surface area (Å²) in [4.78, 5) is 22.9. The maximum Gasteiger partial charge on any atom is 0.341 e. The van der Waals surface area contributed by atoms with Gasteiger partial charge in [-0.2, -0.15) is 5.10 Å². The molecule has 0 aliphatic rings. The van der Waals surface area contributed by atoms with E-state index in [9.17, 15) is 9.59 Å². The Morgan fingerprint density at radius 2 is 2.38 bits per heavy atom. The summed E-state index contributed by atoms with van der Waals surface area (Å²) in [5.41, 5.74) is -0.413. The summed E-state index contributed by atoms with van der Waals surface area (Å²) in [5.74, 6) is -1.24. The van der Waals surface area contributed by atoms with E-state index in [4.69, 9.17) is 5.11 Å². The molecule has 0 atom stereocenters. The molecule has 2 heterocycles. The maximum absolute atomic E-state index is 11.1. The van der Waals surface area contributed by atoms with Gasteiger partial charge in [0.15, 0.2) is 0 Å². The first-order chi connectivity index (χ1) is 7.66. The second-order valence-corrected chi connectivity index (χ2v) is 4.20. The minimum Gasteiger partial charge on any atom is -0.477 e. The van der Waals surface area contributed by atoms with Crippen molar-refractivity contribution in [2.24, 2.45) is 0 Å². The number of carbonyl (C=O) groups is 1. The van der Waals surface area contributed by atoms with Crippen LogP contribution in [-0.4, -0.2) is 21.3 Å². The van der Waals surface area contributed by atoms with Gasteiger partial charge < -0.3 is 5.11 Å².